The molecule has 16 heteroatoms. The Hall–Kier alpha value is -5.38. The minimum atomic E-state index is -0.693. The first-order valence-electron chi connectivity index (χ1n) is 11.5. The second-order valence-electron chi connectivity index (χ2n) is 8.57. The number of aromatic nitrogens is 6. The molecule has 0 unspecified atom stereocenters. The molecule has 0 atom stereocenters. The molecule has 0 aromatic carbocycles. The van der Waals surface area contributed by atoms with Crippen molar-refractivity contribution in [1.82, 2.24) is 33.6 Å². The highest BCUT2D eigenvalue weighted by atomic mass is 16.3. The van der Waals surface area contributed by atoms with Gasteiger partial charge in [-0.05, 0) is 6.07 Å². The van der Waals surface area contributed by atoms with Gasteiger partial charge in [0.2, 0.25) is 5.82 Å². The number of imidazole rings is 2. The number of nitrogens with two attached hydrogens (primary N) is 1. The third-order valence-electron chi connectivity index (χ3n) is 5.72. The topological polar surface area (TPSA) is 208 Å². The molecule has 7 N–H and O–H groups in total. The zero-order chi connectivity index (χ0) is 28.4. The highest BCUT2D eigenvalue weighted by Crippen LogP contribution is 2.30. The van der Waals surface area contributed by atoms with Crippen LogP contribution in [0.2, 0.25) is 0 Å². The van der Waals surface area contributed by atoms with Gasteiger partial charge in [0.1, 0.15) is 11.4 Å². The van der Waals surface area contributed by atoms with Crippen molar-refractivity contribution in [3.05, 3.63) is 60.1 Å². The fourth-order valence-electron chi connectivity index (χ4n) is 3.88. The minimum Gasteiger partial charge on any atom is -0.504 e. The Bertz CT molecular complexity index is 1590. The molecule has 0 aliphatic carbocycles. The third kappa shape index (κ3) is 5.35. The van der Waals surface area contributed by atoms with E-state index in [0.717, 1.165) is 0 Å². The van der Waals surface area contributed by atoms with Gasteiger partial charge in [0.15, 0.2) is 23.1 Å². The van der Waals surface area contributed by atoms with E-state index in [0.29, 0.717) is 5.69 Å². The van der Waals surface area contributed by atoms with E-state index in [1.807, 2.05) is 0 Å². The fourth-order valence-corrected chi connectivity index (χ4v) is 3.88. The molecule has 0 fully saturated rings. The number of nitrogens with zero attached hydrogens (tertiary/aromatic N) is 6. The molecule has 4 rings (SSSR count). The monoisotopic (exact) mass is 537 g/mol. The molecule has 0 radical (unpaired) electrons. The number of aromatic hydroxyl groups is 1. The van der Waals surface area contributed by atoms with Gasteiger partial charge in [-0.1, -0.05) is 0 Å². The smallest absolute Gasteiger partial charge is 0.292 e. The van der Waals surface area contributed by atoms with E-state index in [1.165, 1.54) is 56.2 Å². The van der Waals surface area contributed by atoms with Crippen molar-refractivity contribution in [2.24, 2.45) is 33.9 Å². The third-order valence-corrected chi connectivity index (χ3v) is 5.72. The van der Waals surface area contributed by atoms with Gasteiger partial charge in [-0.2, -0.15) is 0 Å². The average Bonchev–Trinajstić information content (AvgIpc) is 3.61. The van der Waals surface area contributed by atoms with E-state index in [9.17, 15) is 24.3 Å². The Morgan fingerprint density at radius 2 is 1.56 bits per heavy atom. The Kier molecular flexibility index (Phi) is 7.21. The molecule has 16 nitrogen and oxygen atoms in total. The SMILES string of the molecule is Cn1cc(NC(=O)c2c(O)c(NC(=O)c3nc(NC(=O)c4nccn4C)cn3C)cn2C)cc1C(=O)NCN. The number of aryl methyl sites for hydroxylation is 4. The first kappa shape index (κ1) is 26.7. The maximum absolute atomic E-state index is 12.9. The van der Waals surface area contributed by atoms with Crippen LogP contribution in [0.1, 0.15) is 42.2 Å². The van der Waals surface area contributed by atoms with Crippen LogP contribution in [0.15, 0.2) is 37.1 Å². The summed E-state index contributed by atoms with van der Waals surface area (Å²) in [5, 5.41) is 20.9. The van der Waals surface area contributed by atoms with Gasteiger partial charge >= 0.3 is 0 Å². The summed E-state index contributed by atoms with van der Waals surface area (Å²) in [5.41, 5.74) is 5.75. The zero-order valence-corrected chi connectivity index (χ0v) is 21.5. The number of anilines is 3. The molecule has 4 aromatic heterocycles. The summed E-state index contributed by atoms with van der Waals surface area (Å²) in [7, 11) is 6.37. The van der Waals surface area contributed by atoms with Crippen LogP contribution >= 0.6 is 0 Å². The lowest BCUT2D eigenvalue weighted by Crippen LogP contribution is -2.30. The van der Waals surface area contributed by atoms with E-state index >= 15 is 0 Å². The fraction of sp³-hybridized carbons (Fsp3) is 0.217. The number of carbonyl (C=O) groups is 4. The molecular weight excluding hydrogens is 510 g/mol. The van der Waals surface area contributed by atoms with Crippen molar-refractivity contribution < 1.29 is 24.3 Å². The van der Waals surface area contributed by atoms with Crippen molar-refractivity contribution in [3.8, 4) is 5.75 Å². The van der Waals surface area contributed by atoms with Crippen LogP contribution < -0.4 is 27.0 Å². The predicted octanol–water partition coefficient (Wildman–Crippen LogP) is -0.0609. The van der Waals surface area contributed by atoms with E-state index in [2.05, 4.69) is 31.2 Å². The van der Waals surface area contributed by atoms with Crippen LogP contribution in [0.4, 0.5) is 17.2 Å². The summed E-state index contributed by atoms with van der Waals surface area (Å²) in [4.78, 5) is 58.4. The van der Waals surface area contributed by atoms with Crippen LogP contribution in [-0.2, 0) is 28.2 Å². The summed E-state index contributed by atoms with van der Waals surface area (Å²) in [6.45, 7) is -0.0449. The minimum absolute atomic E-state index is 0.0367. The van der Waals surface area contributed by atoms with E-state index in [1.54, 1.807) is 27.3 Å². The molecule has 0 aliphatic rings. The largest absolute Gasteiger partial charge is 0.504 e. The van der Waals surface area contributed by atoms with Crippen LogP contribution in [0, 0.1) is 0 Å². The van der Waals surface area contributed by atoms with E-state index in [4.69, 9.17) is 5.73 Å². The van der Waals surface area contributed by atoms with E-state index < -0.39 is 29.4 Å². The Morgan fingerprint density at radius 1 is 0.846 bits per heavy atom. The molecule has 0 bridgehead atoms. The zero-order valence-electron chi connectivity index (χ0n) is 21.5. The van der Waals surface area contributed by atoms with Crippen molar-refractivity contribution in [3.63, 3.8) is 0 Å². The van der Waals surface area contributed by atoms with Gasteiger partial charge in [-0.25, -0.2) is 9.97 Å². The lowest BCUT2D eigenvalue weighted by molar-refractivity contribution is 0.0944. The van der Waals surface area contributed by atoms with Crippen LogP contribution in [-0.4, -0.2) is 63.6 Å². The molecule has 0 saturated carbocycles. The molecule has 4 heterocycles. The first-order chi connectivity index (χ1) is 18.5. The average molecular weight is 538 g/mol. The molecule has 0 aliphatic heterocycles. The number of nitrogens with one attached hydrogen (secondary N) is 4. The Balaban J connectivity index is 1.47. The Labute approximate surface area is 221 Å². The molecule has 4 aromatic rings. The number of rotatable bonds is 8. The van der Waals surface area contributed by atoms with Gasteiger partial charge < -0.3 is 50.4 Å². The second-order valence-corrected chi connectivity index (χ2v) is 8.57. The second kappa shape index (κ2) is 10.5. The normalized spacial score (nSPS) is 10.8. The highest BCUT2D eigenvalue weighted by Gasteiger charge is 2.24. The van der Waals surface area contributed by atoms with Gasteiger partial charge in [-0.15, -0.1) is 0 Å². The number of hydrogen-bond acceptors (Lipinski definition) is 8. The lowest BCUT2D eigenvalue weighted by atomic mass is 10.3. The van der Waals surface area contributed by atoms with Crippen molar-refractivity contribution in [1.29, 1.82) is 0 Å². The standard InChI is InChI=1S/C23H27N11O5/c1-31-6-5-25-18(31)22(38)30-15-10-34(4)19(29-15)23(39)28-13-9-33(3)16(17(13)35)21(37)27-12-7-14(32(2)8-12)20(36)26-11-24/h5-10,35H,11,24H2,1-4H3,(H,26,36)(H,27,37)(H,28,39)(H,30,38). The highest BCUT2D eigenvalue weighted by molar-refractivity contribution is 6.09. The predicted molar refractivity (Wildman–Crippen MR) is 139 cm³/mol. The maximum atomic E-state index is 12.9. The quantitative estimate of drug-likeness (QED) is 0.167. The summed E-state index contributed by atoms with van der Waals surface area (Å²) < 4.78 is 5.77. The molecule has 39 heavy (non-hydrogen) atoms. The van der Waals surface area contributed by atoms with Crippen molar-refractivity contribution in [2.45, 2.75) is 0 Å². The van der Waals surface area contributed by atoms with Gasteiger partial charge in [-0.3, -0.25) is 19.2 Å². The first-order valence-corrected chi connectivity index (χ1v) is 11.5. The Morgan fingerprint density at radius 3 is 2.23 bits per heavy atom. The summed E-state index contributed by atoms with van der Waals surface area (Å²) in [6, 6.07) is 1.46. The van der Waals surface area contributed by atoms with Crippen molar-refractivity contribution >= 4 is 40.8 Å². The van der Waals surface area contributed by atoms with Gasteiger partial charge in [0.25, 0.3) is 23.6 Å². The summed E-state index contributed by atoms with van der Waals surface area (Å²) in [5.74, 6) is -2.54. The summed E-state index contributed by atoms with van der Waals surface area (Å²) >= 11 is 0. The van der Waals surface area contributed by atoms with Crippen LogP contribution in [0.5, 0.6) is 5.75 Å². The lowest BCUT2D eigenvalue weighted by Gasteiger charge is -2.05. The molecule has 0 saturated heterocycles. The number of amides is 4. The van der Waals surface area contributed by atoms with Crippen LogP contribution in [0.25, 0.3) is 0 Å². The van der Waals surface area contributed by atoms with Gasteiger partial charge in [0.05, 0.1) is 12.4 Å². The maximum Gasteiger partial charge on any atom is 0.292 e. The van der Waals surface area contributed by atoms with E-state index in [-0.39, 0.29) is 41.2 Å². The number of carbonyl (C=O) groups excluding carboxylic acids is 4. The summed E-state index contributed by atoms with van der Waals surface area (Å²) in [6.07, 6.45) is 7.43. The van der Waals surface area contributed by atoms with Gasteiger partial charge in [0, 0.05) is 59.2 Å². The number of hydrogen-bond donors (Lipinski definition) is 6. The molecule has 4 amide bonds. The molecular formula is C23H27N11O5. The van der Waals surface area contributed by atoms with Crippen LogP contribution in [0.3, 0.4) is 0 Å². The molecule has 204 valence electrons. The van der Waals surface area contributed by atoms with Crippen molar-refractivity contribution in [2.75, 3.05) is 22.6 Å². The molecule has 0 spiro atoms.